The second-order valence-electron chi connectivity index (χ2n) is 5.96. The van der Waals surface area contributed by atoms with E-state index in [4.69, 9.17) is 22.6 Å². The molecule has 1 aliphatic heterocycles. The smallest absolute Gasteiger partial charge is 0.384 e. The topological polar surface area (TPSA) is 53.1 Å². The molecule has 0 saturated carbocycles. The van der Waals surface area contributed by atoms with Crippen LogP contribution in [0.5, 0.6) is 0 Å². The van der Waals surface area contributed by atoms with Crippen molar-refractivity contribution in [1.29, 1.82) is 5.26 Å². The summed E-state index contributed by atoms with van der Waals surface area (Å²) in [7, 11) is 0. The van der Waals surface area contributed by atoms with Crippen LogP contribution in [0, 0.1) is 16.7 Å². The lowest BCUT2D eigenvalue weighted by Crippen LogP contribution is -2.54. The molecule has 0 aliphatic carbocycles. The molecule has 29 heavy (non-hydrogen) atoms. The van der Waals surface area contributed by atoms with Crippen LogP contribution in [0.4, 0.5) is 45.2 Å². The van der Waals surface area contributed by atoms with Gasteiger partial charge in [-0.1, -0.05) is 11.6 Å². The van der Waals surface area contributed by atoms with Crippen LogP contribution in [0.2, 0.25) is 5.02 Å². The maximum absolute atomic E-state index is 13.5. The summed E-state index contributed by atoms with van der Waals surface area (Å²) < 4.78 is 119. The minimum atomic E-state index is -5.97. The van der Waals surface area contributed by atoms with Crippen molar-refractivity contribution in [2.75, 3.05) is 4.90 Å². The number of nitriles is 1. The Morgan fingerprint density at radius 3 is 1.93 bits per heavy atom. The summed E-state index contributed by atoms with van der Waals surface area (Å²) in [6, 6.07) is 2.51. The Balaban J connectivity index is 2.79. The third-order valence-corrected chi connectivity index (χ3v) is 4.49. The van der Waals surface area contributed by atoms with Crippen LogP contribution >= 0.6 is 11.6 Å². The van der Waals surface area contributed by atoms with E-state index in [-0.39, 0.29) is 6.08 Å². The predicted molar refractivity (Wildman–Crippen MR) is 84.1 cm³/mol. The fourth-order valence-corrected chi connectivity index (χ4v) is 3.16. The Kier molecular flexibility index (Phi) is 5.30. The number of nitrogens with zero attached hydrogens (tertiary/aromatic N) is 2. The lowest BCUT2D eigenvalue weighted by atomic mass is 9.75. The molecule has 0 fully saturated rings. The molecule has 0 saturated heterocycles. The molecule has 0 amide bonds. The van der Waals surface area contributed by atoms with Crippen LogP contribution in [0.3, 0.4) is 0 Å². The van der Waals surface area contributed by atoms with Gasteiger partial charge in [-0.2, -0.15) is 44.8 Å². The molecule has 158 valence electrons. The summed E-state index contributed by atoms with van der Waals surface area (Å²) in [5.74, 6) is -1.26. The third kappa shape index (κ3) is 3.48. The number of nitrogens with two attached hydrogens (primary N) is 1. The van der Waals surface area contributed by atoms with Gasteiger partial charge in [-0.15, -0.1) is 0 Å². The summed E-state index contributed by atoms with van der Waals surface area (Å²) >= 11 is 5.77. The van der Waals surface area contributed by atoms with Crippen molar-refractivity contribution in [3.8, 4) is 6.07 Å². The first kappa shape index (κ1) is 22.7. The van der Waals surface area contributed by atoms with Crippen LogP contribution in [-0.4, -0.2) is 12.4 Å². The molecule has 0 unspecified atom stereocenters. The second-order valence-corrected chi connectivity index (χ2v) is 6.37. The Morgan fingerprint density at radius 1 is 1.03 bits per heavy atom. The molecule has 13 heteroatoms. The standard InChI is InChI=1S/C16H9ClF9N3/c1-7-5-13(15(21,22)23,16(24,25)26)9(6-27)12(28)29(7)11-3-2-8(4-10(11)17)14(18,19)20/h2-5H,28H2,1H3. The van der Waals surface area contributed by atoms with Crippen molar-refractivity contribution in [3.63, 3.8) is 0 Å². The number of allylic oxidation sites excluding steroid dienone is 3. The molecule has 1 heterocycles. The summed E-state index contributed by atoms with van der Waals surface area (Å²) in [4.78, 5) is 0.552. The zero-order valence-corrected chi connectivity index (χ0v) is 14.8. The van der Waals surface area contributed by atoms with Crippen molar-refractivity contribution in [1.82, 2.24) is 0 Å². The van der Waals surface area contributed by atoms with Crippen molar-refractivity contribution >= 4 is 17.3 Å². The molecule has 2 N–H and O–H groups in total. The minimum Gasteiger partial charge on any atom is -0.384 e. The molecule has 3 nitrogen and oxygen atoms in total. The summed E-state index contributed by atoms with van der Waals surface area (Å²) in [5.41, 5.74) is -3.45. The first-order valence-electron chi connectivity index (χ1n) is 7.39. The van der Waals surface area contributed by atoms with Gasteiger partial charge >= 0.3 is 18.5 Å². The molecular formula is C16H9ClF9N3. The average Bonchev–Trinajstić information content (AvgIpc) is 2.52. The van der Waals surface area contributed by atoms with E-state index in [0.717, 1.165) is 19.1 Å². The maximum atomic E-state index is 13.5. The maximum Gasteiger partial charge on any atom is 0.416 e. The van der Waals surface area contributed by atoms with Gasteiger partial charge < -0.3 is 5.73 Å². The van der Waals surface area contributed by atoms with Gasteiger partial charge in [0.1, 0.15) is 11.9 Å². The van der Waals surface area contributed by atoms with Crippen molar-refractivity contribution in [3.05, 3.63) is 52.0 Å². The SMILES string of the molecule is CC1=CC(C(F)(F)F)(C(F)(F)F)C(C#N)=C(N)N1c1ccc(C(F)(F)F)cc1Cl. The Labute approximate surface area is 162 Å². The zero-order chi connectivity index (χ0) is 22.6. The lowest BCUT2D eigenvalue weighted by Gasteiger charge is -2.41. The number of rotatable bonds is 1. The number of benzene rings is 1. The fraction of sp³-hybridized carbons (Fsp3) is 0.312. The van der Waals surface area contributed by atoms with Crippen molar-refractivity contribution in [2.24, 2.45) is 11.1 Å². The molecule has 0 bridgehead atoms. The zero-order valence-electron chi connectivity index (χ0n) is 14.1. The normalized spacial score (nSPS) is 17.9. The van der Waals surface area contributed by atoms with Crippen molar-refractivity contribution < 1.29 is 39.5 Å². The van der Waals surface area contributed by atoms with E-state index < -0.39 is 57.3 Å². The van der Waals surface area contributed by atoms with E-state index in [1.165, 1.54) is 0 Å². The summed E-state index contributed by atoms with van der Waals surface area (Å²) in [6.45, 7) is 0.821. The highest BCUT2D eigenvalue weighted by molar-refractivity contribution is 6.33. The third-order valence-electron chi connectivity index (χ3n) is 4.19. The lowest BCUT2D eigenvalue weighted by molar-refractivity contribution is -0.306. The number of alkyl halides is 9. The highest BCUT2D eigenvalue weighted by atomic mass is 35.5. The number of hydrogen-bond donors (Lipinski definition) is 1. The summed E-state index contributed by atoms with van der Waals surface area (Å²) in [5, 5.41) is 8.42. The highest BCUT2D eigenvalue weighted by Crippen LogP contribution is 2.59. The van der Waals surface area contributed by atoms with Gasteiger partial charge in [0.25, 0.3) is 0 Å². The monoisotopic (exact) mass is 449 g/mol. The van der Waals surface area contributed by atoms with Crippen LogP contribution < -0.4 is 10.6 Å². The fourth-order valence-electron chi connectivity index (χ4n) is 2.89. The van der Waals surface area contributed by atoms with Crippen LogP contribution in [0.25, 0.3) is 0 Å². The Morgan fingerprint density at radius 2 is 1.55 bits per heavy atom. The van der Waals surface area contributed by atoms with E-state index in [1.807, 2.05) is 0 Å². The predicted octanol–water partition coefficient (Wildman–Crippen LogP) is 5.89. The number of anilines is 1. The molecule has 1 aromatic carbocycles. The molecule has 1 aliphatic rings. The molecular weight excluding hydrogens is 441 g/mol. The largest absolute Gasteiger partial charge is 0.416 e. The molecule has 1 aromatic rings. The molecule has 0 aromatic heterocycles. The number of hydrogen-bond acceptors (Lipinski definition) is 3. The van der Waals surface area contributed by atoms with Gasteiger partial charge in [0.15, 0.2) is 0 Å². The van der Waals surface area contributed by atoms with E-state index in [2.05, 4.69) is 0 Å². The van der Waals surface area contributed by atoms with Gasteiger partial charge in [-0.25, -0.2) is 0 Å². The van der Waals surface area contributed by atoms with Gasteiger partial charge in [-0.05, 0) is 31.2 Å². The van der Waals surface area contributed by atoms with E-state index in [1.54, 1.807) is 0 Å². The van der Waals surface area contributed by atoms with E-state index in [0.29, 0.717) is 17.0 Å². The molecule has 0 radical (unpaired) electrons. The van der Waals surface area contributed by atoms with Gasteiger partial charge in [0.2, 0.25) is 5.41 Å². The van der Waals surface area contributed by atoms with E-state index in [9.17, 15) is 39.5 Å². The highest BCUT2D eigenvalue weighted by Gasteiger charge is 2.73. The first-order chi connectivity index (χ1) is 13.0. The van der Waals surface area contributed by atoms with E-state index >= 15 is 0 Å². The quantitative estimate of drug-likeness (QED) is 0.544. The number of halogens is 10. The van der Waals surface area contributed by atoms with Gasteiger partial charge in [0.05, 0.1) is 21.8 Å². The van der Waals surface area contributed by atoms with Crippen LogP contribution in [-0.2, 0) is 6.18 Å². The first-order valence-corrected chi connectivity index (χ1v) is 7.77. The summed E-state index contributed by atoms with van der Waals surface area (Å²) in [6.07, 6.45) is -17.0. The van der Waals surface area contributed by atoms with Crippen molar-refractivity contribution in [2.45, 2.75) is 25.5 Å². The Hall–Kier alpha value is -2.55. The molecule has 2 rings (SSSR count). The minimum absolute atomic E-state index is 0.254. The van der Waals surface area contributed by atoms with Gasteiger partial charge in [-0.3, -0.25) is 4.90 Å². The van der Waals surface area contributed by atoms with Gasteiger partial charge in [0, 0.05) is 5.70 Å². The van der Waals surface area contributed by atoms with Crippen LogP contribution in [0.15, 0.2) is 41.4 Å². The average molecular weight is 450 g/mol. The van der Waals surface area contributed by atoms with Crippen LogP contribution in [0.1, 0.15) is 12.5 Å². The molecule has 0 atom stereocenters. The molecule has 0 spiro atoms. The Bertz CT molecular complexity index is 919. The second kappa shape index (κ2) is 6.76.